The first kappa shape index (κ1) is 14.2. The standard InChI is InChI=1S/C10H13F3O3Si/c11-7-5-9(12)8(10(13)6-7)3-1-2-4-17(14,15)16/h5-6,14-16H,1-4H2. The number of rotatable bonds is 5. The van der Waals surface area contributed by atoms with Gasteiger partial charge in [0, 0.05) is 23.7 Å². The zero-order chi connectivity index (χ0) is 13.1. The molecule has 1 aromatic rings. The van der Waals surface area contributed by atoms with Crippen molar-refractivity contribution in [1.82, 2.24) is 0 Å². The fourth-order valence-corrected chi connectivity index (χ4v) is 2.20. The molecule has 0 saturated carbocycles. The van der Waals surface area contributed by atoms with Gasteiger partial charge in [0.1, 0.15) is 17.5 Å². The maximum atomic E-state index is 13.2. The Hall–Kier alpha value is -0.893. The molecule has 0 atom stereocenters. The van der Waals surface area contributed by atoms with Crippen LogP contribution in [0.3, 0.4) is 0 Å². The number of halogens is 3. The number of benzene rings is 1. The molecular weight excluding hydrogens is 253 g/mol. The third-order valence-electron chi connectivity index (χ3n) is 2.29. The van der Waals surface area contributed by atoms with Crippen LogP contribution in [0, 0.1) is 17.5 Å². The highest BCUT2D eigenvalue weighted by Crippen LogP contribution is 2.18. The lowest BCUT2D eigenvalue weighted by atomic mass is 10.1. The quantitative estimate of drug-likeness (QED) is 0.557. The summed E-state index contributed by atoms with van der Waals surface area (Å²) < 4.78 is 38.9. The summed E-state index contributed by atoms with van der Waals surface area (Å²) in [5.41, 5.74) is -0.229. The van der Waals surface area contributed by atoms with E-state index in [-0.39, 0.29) is 30.9 Å². The number of hydrogen-bond acceptors (Lipinski definition) is 3. The normalized spacial score (nSPS) is 11.9. The van der Waals surface area contributed by atoms with Gasteiger partial charge in [-0.25, -0.2) is 13.2 Å². The van der Waals surface area contributed by atoms with Gasteiger partial charge in [-0.15, -0.1) is 0 Å². The van der Waals surface area contributed by atoms with Crippen molar-refractivity contribution in [2.45, 2.75) is 25.3 Å². The second-order valence-electron chi connectivity index (χ2n) is 3.83. The minimum absolute atomic E-state index is 0.0163. The highest BCUT2D eigenvalue weighted by atomic mass is 28.4. The smallest absolute Gasteiger partial charge is 0.390 e. The summed E-state index contributed by atoms with van der Waals surface area (Å²) in [7, 11) is -4.08. The summed E-state index contributed by atoms with van der Waals surface area (Å²) in [5, 5.41) is 0. The summed E-state index contributed by atoms with van der Waals surface area (Å²) in [5.74, 6) is -2.89. The zero-order valence-corrected chi connectivity index (χ0v) is 9.96. The molecule has 0 aromatic heterocycles. The van der Waals surface area contributed by atoms with Crippen LogP contribution < -0.4 is 0 Å². The summed E-state index contributed by atoms with van der Waals surface area (Å²) in [6.45, 7) is 0. The van der Waals surface area contributed by atoms with E-state index in [0.717, 1.165) is 0 Å². The van der Waals surface area contributed by atoms with E-state index < -0.39 is 26.3 Å². The van der Waals surface area contributed by atoms with Crippen LogP contribution >= 0.6 is 0 Å². The van der Waals surface area contributed by atoms with Crippen molar-refractivity contribution in [3.63, 3.8) is 0 Å². The molecule has 0 saturated heterocycles. The van der Waals surface area contributed by atoms with Crippen LogP contribution in [0.1, 0.15) is 18.4 Å². The van der Waals surface area contributed by atoms with Crippen LogP contribution in [0.15, 0.2) is 12.1 Å². The topological polar surface area (TPSA) is 60.7 Å². The highest BCUT2D eigenvalue weighted by molar-refractivity contribution is 6.56. The van der Waals surface area contributed by atoms with Crippen molar-refractivity contribution in [3.05, 3.63) is 35.1 Å². The molecule has 7 heteroatoms. The Labute approximate surface area is 97.5 Å². The first-order chi connectivity index (χ1) is 7.79. The first-order valence-electron chi connectivity index (χ1n) is 5.10. The van der Waals surface area contributed by atoms with Gasteiger partial charge in [-0.2, -0.15) is 0 Å². The Bertz CT molecular complexity index is 370. The molecule has 0 bridgehead atoms. The Balaban J connectivity index is 2.53. The van der Waals surface area contributed by atoms with Crippen LogP contribution in [0.2, 0.25) is 6.04 Å². The molecule has 0 spiro atoms. The molecule has 96 valence electrons. The van der Waals surface area contributed by atoms with Crippen LogP contribution in [0.4, 0.5) is 13.2 Å². The zero-order valence-electron chi connectivity index (χ0n) is 8.96. The number of unbranched alkanes of at least 4 members (excludes halogenated alkanes) is 1. The molecule has 0 fully saturated rings. The molecule has 17 heavy (non-hydrogen) atoms. The van der Waals surface area contributed by atoms with Gasteiger partial charge >= 0.3 is 8.80 Å². The Kier molecular flexibility index (Phi) is 4.69. The third kappa shape index (κ3) is 4.86. The van der Waals surface area contributed by atoms with Gasteiger partial charge in [0.25, 0.3) is 0 Å². The summed E-state index contributed by atoms with van der Waals surface area (Å²) in [6.07, 6.45) is 0.518. The fourth-order valence-electron chi connectivity index (χ4n) is 1.47. The van der Waals surface area contributed by atoms with Gasteiger partial charge in [0.15, 0.2) is 0 Å². The van der Waals surface area contributed by atoms with E-state index in [4.69, 9.17) is 14.4 Å². The van der Waals surface area contributed by atoms with E-state index in [9.17, 15) is 13.2 Å². The predicted molar refractivity (Wildman–Crippen MR) is 56.5 cm³/mol. The third-order valence-corrected chi connectivity index (χ3v) is 3.32. The maximum absolute atomic E-state index is 13.2. The Morgan fingerprint density at radius 3 is 1.94 bits per heavy atom. The van der Waals surface area contributed by atoms with E-state index in [1.165, 1.54) is 0 Å². The molecule has 3 nitrogen and oxygen atoms in total. The number of hydrogen-bond donors (Lipinski definition) is 3. The van der Waals surface area contributed by atoms with Crippen molar-refractivity contribution in [1.29, 1.82) is 0 Å². The van der Waals surface area contributed by atoms with Crippen molar-refractivity contribution >= 4 is 8.80 Å². The molecule has 0 aliphatic rings. The van der Waals surface area contributed by atoms with Gasteiger partial charge < -0.3 is 14.4 Å². The van der Waals surface area contributed by atoms with E-state index in [1.807, 2.05) is 0 Å². The Morgan fingerprint density at radius 1 is 0.941 bits per heavy atom. The lowest BCUT2D eigenvalue weighted by Crippen LogP contribution is -2.34. The summed E-state index contributed by atoms with van der Waals surface area (Å²) in [4.78, 5) is 26.1. The molecule has 0 amide bonds. The molecule has 0 heterocycles. The van der Waals surface area contributed by atoms with Crippen LogP contribution in [-0.4, -0.2) is 23.2 Å². The maximum Gasteiger partial charge on any atom is 0.492 e. The molecule has 0 unspecified atom stereocenters. The van der Waals surface area contributed by atoms with Crippen molar-refractivity contribution in [3.8, 4) is 0 Å². The highest BCUT2D eigenvalue weighted by Gasteiger charge is 2.25. The van der Waals surface area contributed by atoms with E-state index in [0.29, 0.717) is 12.1 Å². The van der Waals surface area contributed by atoms with Crippen molar-refractivity contribution in [2.24, 2.45) is 0 Å². The first-order valence-corrected chi connectivity index (χ1v) is 7.15. The van der Waals surface area contributed by atoms with Gasteiger partial charge in [-0.05, 0) is 19.3 Å². The second-order valence-corrected chi connectivity index (χ2v) is 5.88. The van der Waals surface area contributed by atoms with Crippen LogP contribution in [0.5, 0.6) is 0 Å². The van der Waals surface area contributed by atoms with Gasteiger partial charge in [-0.3, -0.25) is 0 Å². The molecule has 3 N–H and O–H groups in total. The lowest BCUT2D eigenvalue weighted by Gasteiger charge is -2.09. The van der Waals surface area contributed by atoms with Crippen molar-refractivity contribution in [2.75, 3.05) is 0 Å². The summed E-state index contributed by atoms with van der Waals surface area (Å²) >= 11 is 0. The summed E-state index contributed by atoms with van der Waals surface area (Å²) in [6, 6.07) is 1.01. The largest absolute Gasteiger partial charge is 0.492 e. The molecule has 0 aliphatic heterocycles. The van der Waals surface area contributed by atoms with Crippen LogP contribution in [0.25, 0.3) is 0 Å². The Morgan fingerprint density at radius 2 is 1.47 bits per heavy atom. The lowest BCUT2D eigenvalue weighted by molar-refractivity contribution is 0.226. The SMILES string of the molecule is O[Si](O)(O)CCCCc1c(F)cc(F)cc1F. The fraction of sp³-hybridized carbons (Fsp3) is 0.400. The average Bonchev–Trinajstić information content (AvgIpc) is 2.13. The van der Waals surface area contributed by atoms with Crippen molar-refractivity contribution < 1.29 is 27.6 Å². The molecule has 0 radical (unpaired) electrons. The van der Waals surface area contributed by atoms with Gasteiger partial charge in [-0.1, -0.05) is 0 Å². The molecular formula is C10H13F3O3Si. The van der Waals surface area contributed by atoms with E-state index >= 15 is 0 Å². The van der Waals surface area contributed by atoms with E-state index in [2.05, 4.69) is 0 Å². The molecule has 0 aliphatic carbocycles. The minimum atomic E-state index is -4.08. The average molecular weight is 266 g/mol. The second kappa shape index (κ2) is 5.63. The van der Waals surface area contributed by atoms with Crippen LogP contribution in [-0.2, 0) is 6.42 Å². The monoisotopic (exact) mass is 266 g/mol. The predicted octanol–water partition coefficient (Wildman–Crippen LogP) is 1.34. The van der Waals surface area contributed by atoms with Gasteiger partial charge in [0.2, 0.25) is 0 Å². The van der Waals surface area contributed by atoms with E-state index in [1.54, 1.807) is 0 Å². The van der Waals surface area contributed by atoms with Gasteiger partial charge in [0.05, 0.1) is 0 Å². The molecule has 1 aromatic carbocycles. The molecule has 1 rings (SSSR count). The minimum Gasteiger partial charge on any atom is -0.390 e.